The lowest BCUT2D eigenvalue weighted by Gasteiger charge is -2.20. The predicted octanol–water partition coefficient (Wildman–Crippen LogP) is 3.04. The van der Waals surface area contributed by atoms with Crippen molar-refractivity contribution in [3.8, 4) is 5.75 Å². The van der Waals surface area contributed by atoms with Crippen LogP contribution < -0.4 is 16.0 Å². The van der Waals surface area contributed by atoms with Crippen molar-refractivity contribution in [2.75, 3.05) is 7.11 Å². The molecule has 0 saturated carbocycles. The molecule has 2 rings (SSSR count). The van der Waals surface area contributed by atoms with Gasteiger partial charge in [-0.15, -0.1) is 0 Å². The van der Waals surface area contributed by atoms with Crippen LogP contribution in [0.3, 0.4) is 0 Å². The van der Waals surface area contributed by atoms with Gasteiger partial charge in [0.1, 0.15) is 11.6 Å². The Balaban J connectivity index is 2.51. The first-order valence-electron chi connectivity index (χ1n) is 5.71. The molecule has 0 heterocycles. The fourth-order valence-electron chi connectivity index (χ4n) is 1.98. The summed E-state index contributed by atoms with van der Waals surface area (Å²) in [4.78, 5) is 0. The minimum Gasteiger partial charge on any atom is -0.496 e. The van der Waals surface area contributed by atoms with Gasteiger partial charge in [-0.25, -0.2) is 9.82 Å². The maximum absolute atomic E-state index is 13.9. The lowest BCUT2D eigenvalue weighted by Crippen LogP contribution is -2.29. The van der Waals surface area contributed by atoms with Gasteiger partial charge in [0.15, 0.2) is 0 Å². The van der Waals surface area contributed by atoms with Crippen molar-refractivity contribution < 1.29 is 9.13 Å². The molecule has 0 aliphatic carbocycles. The van der Waals surface area contributed by atoms with E-state index in [1.165, 1.54) is 13.2 Å². The van der Waals surface area contributed by atoms with Gasteiger partial charge < -0.3 is 4.74 Å². The molecule has 0 aromatic heterocycles. The summed E-state index contributed by atoms with van der Waals surface area (Å²) < 4.78 is 19.1. The largest absolute Gasteiger partial charge is 0.496 e. The first kappa shape index (κ1) is 13.8. The Labute approximate surface area is 116 Å². The van der Waals surface area contributed by atoms with Crippen LogP contribution in [0.5, 0.6) is 5.75 Å². The van der Waals surface area contributed by atoms with Crippen molar-refractivity contribution in [2.45, 2.75) is 6.04 Å². The van der Waals surface area contributed by atoms with Crippen LogP contribution in [0.4, 0.5) is 4.39 Å². The highest BCUT2D eigenvalue weighted by atomic mass is 35.5. The molecule has 0 fully saturated rings. The van der Waals surface area contributed by atoms with Gasteiger partial charge in [0, 0.05) is 16.1 Å². The van der Waals surface area contributed by atoms with Gasteiger partial charge in [-0.05, 0) is 18.2 Å². The molecule has 19 heavy (non-hydrogen) atoms. The van der Waals surface area contributed by atoms with Crippen LogP contribution in [0.15, 0.2) is 42.5 Å². The number of hydrogen-bond acceptors (Lipinski definition) is 3. The SMILES string of the molecule is COc1cc(Cl)ccc1C(NN)c1ccccc1F. The second-order valence-electron chi connectivity index (χ2n) is 4.01. The molecule has 0 bridgehead atoms. The molecular weight excluding hydrogens is 267 g/mol. The Morgan fingerprint density at radius 1 is 1.21 bits per heavy atom. The van der Waals surface area contributed by atoms with E-state index >= 15 is 0 Å². The van der Waals surface area contributed by atoms with E-state index in [4.69, 9.17) is 22.2 Å². The molecule has 1 unspecified atom stereocenters. The molecule has 0 saturated heterocycles. The molecule has 2 aromatic carbocycles. The van der Waals surface area contributed by atoms with Crippen molar-refractivity contribution in [1.82, 2.24) is 5.43 Å². The summed E-state index contributed by atoms with van der Waals surface area (Å²) in [5, 5.41) is 0.546. The average molecular weight is 281 g/mol. The lowest BCUT2D eigenvalue weighted by atomic mass is 9.98. The first-order chi connectivity index (χ1) is 9.17. The van der Waals surface area contributed by atoms with Crippen molar-refractivity contribution in [3.63, 3.8) is 0 Å². The Morgan fingerprint density at radius 2 is 1.95 bits per heavy atom. The number of ether oxygens (including phenoxy) is 1. The van der Waals surface area contributed by atoms with Crippen molar-refractivity contribution in [2.24, 2.45) is 5.84 Å². The average Bonchev–Trinajstić information content (AvgIpc) is 2.43. The summed E-state index contributed by atoms with van der Waals surface area (Å²) in [6.45, 7) is 0. The highest BCUT2D eigenvalue weighted by molar-refractivity contribution is 6.30. The molecule has 0 radical (unpaired) electrons. The van der Waals surface area contributed by atoms with E-state index in [0.717, 1.165) is 5.56 Å². The maximum atomic E-state index is 13.9. The molecule has 3 nitrogen and oxygen atoms in total. The molecule has 0 aliphatic heterocycles. The van der Waals surface area contributed by atoms with Gasteiger partial charge in [-0.2, -0.15) is 0 Å². The van der Waals surface area contributed by atoms with E-state index in [9.17, 15) is 4.39 Å². The Morgan fingerprint density at radius 3 is 2.58 bits per heavy atom. The predicted molar refractivity (Wildman–Crippen MR) is 73.6 cm³/mol. The van der Waals surface area contributed by atoms with Gasteiger partial charge >= 0.3 is 0 Å². The van der Waals surface area contributed by atoms with Crippen LogP contribution in [-0.2, 0) is 0 Å². The number of methoxy groups -OCH3 is 1. The maximum Gasteiger partial charge on any atom is 0.128 e. The molecule has 0 amide bonds. The molecule has 2 aromatic rings. The standard InChI is InChI=1S/C14H14ClFN2O/c1-19-13-8-9(15)6-7-11(13)14(18-17)10-4-2-3-5-12(10)16/h2-8,14,18H,17H2,1H3. The van der Waals surface area contributed by atoms with E-state index in [1.54, 1.807) is 36.4 Å². The number of rotatable bonds is 4. The lowest BCUT2D eigenvalue weighted by molar-refractivity contribution is 0.403. The quantitative estimate of drug-likeness (QED) is 0.668. The summed E-state index contributed by atoms with van der Waals surface area (Å²) >= 11 is 5.92. The number of halogens is 2. The second kappa shape index (κ2) is 6.02. The number of hydrazine groups is 1. The summed E-state index contributed by atoms with van der Waals surface area (Å²) in [7, 11) is 1.53. The Kier molecular flexibility index (Phi) is 4.37. The van der Waals surface area contributed by atoms with Gasteiger partial charge in [-0.1, -0.05) is 35.9 Å². The molecule has 1 atom stereocenters. The third-order valence-electron chi connectivity index (χ3n) is 2.89. The van der Waals surface area contributed by atoms with Crippen LogP contribution in [0.1, 0.15) is 17.2 Å². The first-order valence-corrected chi connectivity index (χ1v) is 6.09. The summed E-state index contributed by atoms with van der Waals surface area (Å²) in [5.41, 5.74) is 3.78. The Hall–Kier alpha value is -1.62. The van der Waals surface area contributed by atoms with Gasteiger partial charge in [0.25, 0.3) is 0 Å². The van der Waals surface area contributed by atoms with Crippen molar-refractivity contribution >= 4 is 11.6 Å². The van der Waals surface area contributed by atoms with Crippen LogP contribution in [0.25, 0.3) is 0 Å². The minimum atomic E-state index is -0.506. The number of nitrogens with two attached hydrogens (primary N) is 1. The van der Waals surface area contributed by atoms with E-state index in [2.05, 4.69) is 5.43 Å². The fraction of sp³-hybridized carbons (Fsp3) is 0.143. The highest BCUT2D eigenvalue weighted by Crippen LogP contribution is 2.32. The molecular formula is C14H14ClFN2O. The molecule has 0 aliphatic rings. The van der Waals surface area contributed by atoms with E-state index < -0.39 is 6.04 Å². The molecule has 3 N–H and O–H groups in total. The third-order valence-corrected chi connectivity index (χ3v) is 3.12. The van der Waals surface area contributed by atoms with E-state index in [0.29, 0.717) is 16.3 Å². The molecule has 0 spiro atoms. The Bertz CT molecular complexity index is 577. The van der Waals surface area contributed by atoms with Gasteiger partial charge in [0.05, 0.1) is 13.2 Å². The van der Waals surface area contributed by atoms with E-state index in [-0.39, 0.29) is 5.82 Å². The monoisotopic (exact) mass is 280 g/mol. The second-order valence-corrected chi connectivity index (χ2v) is 4.44. The smallest absolute Gasteiger partial charge is 0.128 e. The van der Waals surface area contributed by atoms with Crippen LogP contribution in [0.2, 0.25) is 5.02 Å². The molecule has 5 heteroatoms. The fourth-order valence-corrected chi connectivity index (χ4v) is 2.14. The zero-order chi connectivity index (χ0) is 13.8. The summed E-state index contributed by atoms with van der Waals surface area (Å²) in [5.74, 6) is 5.79. The number of benzene rings is 2. The number of nitrogens with one attached hydrogen (secondary N) is 1. The van der Waals surface area contributed by atoms with Gasteiger partial charge in [0.2, 0.25) is 0 Å². The summed E-state index contributed by atoms with van der Waals surface area (Å²) in [6, 6.07) is 11.1. The third kappa shape index (κ3) is 2.87. The van der Waals surface area contributed by atoms with Gasteiger partial charge in [-0.3, -0.25) is 5.84 Å². The van der Waals surface area contributed by atoms with Crippen LogP contribution in [-0.4, -0.2) is 7.11 Å². The summed E-state index contributed by atoms with van der Waals surface area (Å²) in [6.07, 6.45) is 0. The van der Waals surface area contributed by atoms with Crippen molar-refractivity contribution in [1.29, 1.82) is 0 Å². The number of hydrogen-bond donors (Lipinski definition) is 2. The normalized spacial score (nSPS) is 12.2. The van der Waals surface area contributed by atoms with Crippen molar-refractivity contribution in [3.05, 3.63) is 64.4 Å². The van der Waals surface area contributed by atoms with Crippen LogP contribution >= 0.6 is 11.6 Å². The van der Waals surface area contributed by atoms with Crippen LogP contribution in [0, 0.1) is 5.82 Å². The highest BCUT2D eigenvalue weighted by Gasteiger charge is 2.20. The molecule has 100 valence electrons. The van der Waals surface area contributed by atoms with E-state index in [1.807, 2.05) is 0 Å². The minimum absolute atomic E-state index is 0.331. The zero-order valence-corrected chi connectivity index (χ0v) is 11.1. The zero-order valence-electron chi connectivity index (χ0n) is 10.4. The topological polar surface area (TPSA) is 47.3 Å².